The van der Waals surface area contributed by atoms with Gasteiger partial charge >= 0.3 is 5.97 Å². The summed E-state index contributed by atoms with van der Waals surface area (Å²) in [4.78, 5) is 11.8. The van der Waals surface area contributed by atoms with E-state index in [0.717, 1.165) is 12.8 Å². The van der Waals surface area contributed by atoms with Crippen molar-refractivity contribution in [1.29, 1.82) is 10.5 Å². The van der Waals surface area contributed by atoms with E-state index in [0.29, 0.717) is 17.9 Å². The zero-order valence-corrected chi connectivity index (χ0v) is 13.2. The molecule has 6 nitrogen and oxygen atoms in total. The van der Waals surface area contributed by atoms with Gasteiger partial charge in [-0.2, -0.15) is 15.6 Å². The van der Waals surface area contributed by atoms with E-state index in [9.17, 15) is 4.79 Å². The molecule has 0 bridgehead atoms. The quantitative estimate of drug-likeness (QED) is 0.325. The lowest BCUT2D eigenvalue weighted by Gasteiger charge is -2.05. The van der Waals surface area contributed by atoms with E-state index >= 15 is 0 Å². The van der Waals surface area contributed by atoms with Gasteiger partial charge in [0, 0.05) is 0 Å². The molecule has 0 saturated carbocycles. The summed E-state index contributed by atoms with van der Waals surface area (Å²) >= 11 is 0. The summed E-state index contributed by atoms with van der Waals surface area (Å²) in [6, 6.07) is 9.77. The fourth-order valence-electron chi connectivity index (χ4n) is 1.83. The maximum absolute atomic E-state index is 11.8. The highest BCUT2D eigenvalue weighted by Crippen LogP contribution is 2.11. The highest BCUT2D eigenvalue weighted by atomic mass is 16.5. The van der Waals surface area contributed by atoms with Gasteiger partial charge < -0.3 is 4.74 Å². The first-order chi connectivity index (χ1) is 11.2. The van der Waals surface area contributed by atoms with Crippen LogP contribution in [0.3, 0.4) is 0 Å². The highest BCUT2D eigenvalue weighted by molar-refractivity contribution is 6.10. The van der Waals surface area contributed by atoms with Gasteiger partial charge in [-0.3, -0.25) is 5.43 Å². The third-order valence-corrected chi connectivity index (χ3v) is 3.11. The number of esters is 1. The van der Waals surface area contributed by atoms with Crippen LogP contribution in [0.4, 0.5) is 5.69 Å². The fourth-order valence-corrected chi connectivity index (χ4v) is 1.83. The summed E-state index contributed by atoms with van der Waals surface area (Å²) in [5.41, 5.74) is 3.33. The van der Waals surface area contributed by atoms with Crippen molar-refractivity contribution in [2.24, 2.45) is 5.10 Å². The molecule has 0 fully saturated rings. The zero-order chi connectivity index (χ0) is 16.9. The molecule has 0 spiro atoms. The second-order valence-electron chi connectivity index (χ2n) is 4.92. The zero-order valence-electron chi connectivity index (χ0n) is 13.2. The first kappa shape index (κ1) is 18.2. The Balaban J connectivity index is 2.41. The van der Waals surface area contributed by atoms with Gasteiger partial charge in [-0.15, -0.1) is 0 Å². The van der Waals surface area contributed by atoms with Crippen molar-refractivity contribution in [1.82, 2.24) is 0 Å². The maximum atomic E-state index is 11.8. The maximum Gasteiger partial charge on any atom is 0.338 e. The smallest absolute Gasteiger partial charge is 0.338 e. The molecular formula is C17H20N4O2. The molecule has 0 aliphatic carbocycles. The first-order valence-electron chi connectivity index (χ1n) is 7.62. The summed E-state index contributed by atoms with van der Waals surface area (Å²) in [6.45, 7) is 2.59. The number of benzene rings is 1. The van der Waals surface area contributed by atoms with Gasteiger partial charge in [-0.05, 0) is 30.7 Å². The van der Waals surface area contributed by atoms with Crippen molar-refractivity contribution in [3.63, 3.8) is 0 Å². The van der Waals surface area contributed by atoms with Crippen LogP contribution >= 0.6 is 0 Å². The lowest BCUT2D eigenvalue weighted by molar-refractivity contribution is 0.0497. The molecule has 0 saturated heterocycles. The van der Waals surface area contributed by atoms with Crippen molar-refractivity contribution >= 4 is 17.4 Å². The van der Waals surface area contributed by atoms with Gasteiger partial charge in [-0.1, -0.05) is 32.6 Å². The van der Waals surface area contributed by atoms with Crippen LogP contribution in [-0.2, 0) is 4.74 Å². The molecule has 1 N–H and O–H groups in total. The van der Waals surface area contributed by atoms with Crippen LogP contribution in [0.1, 0.15) is 49.4 Å². The van der Waals surface area contributed by atoms with Gasteiger partial charge in [0.25, 0.3) is 0 Å². The molecule has 0 aliphatic rings. The Bertz CT molecular complexity index is 593. The Morgan fingerprint density at radius 2 is 1.78 bits per heavy atom. The minimum Gasteiger partial charge on any atom is -0.462 e. The molecular weight excluding hydrogens is 292 g/mol. The van der Waals surface area contributed by atoms with E-state index in [1.54, 1.807) is 36.4 Å². The number of rotatable bonds is 9. The number of hydrogen-bond donors (Lipinski definition) is 1. The average molecular weight is 312 g/mol. The third-order valence-electron chi connectivity index (χ3n) is 3.11. The number of carbonyl (C=O) groups is 1. The van der Waals surface area contributed by atoms with Gasteiger partial charge in [0.2, 0.25) is 5.71 Å². The van der Waals surface area contributed by atoms with E-state index < -0.39 is 0 Å². The fraction of sp³-hybridized carbons (Fsp3) is 0.412. The molecule has 0 atom stereocenters. The number of unbranched alkanes of at least 4 members (excludes halogenated alkanes) is 4. The normalized spacial score (nSPS) is 9.35. The van der Waals surface area contributed by atoms with Crippen LogP contribution in [0.5, 0.6) is 0 Å². The highest BCUT2D eigenvalue weighted by Gasteiger charge is 2.06. The topological polar surface area (TPSA) is 98.3 Å². The molecule has 0 heterocycles. The van der Waals surface area contributed by atoms with E-state index in [4.69, 9.17) is 15.3 Å². The number of carbonyl (C=O) groups excluding carboxylic acids is 1. The Hall–Kier alpha value is -2.86. The number of nitriles is 2. The van der Waals surface area contributed by atoms with E-state index in [1.165, 1.54) is 19.3 Å². The Labute approximate surface area is 136 Å². The standard InChI is InChI=1S/C17H20N4O2/c1-2-3-4-5-6-11-23-17(22)14-7-9-15(10-8-14)20-21-16(12-18)13-19/h7-10,20H,2-6,11H2,1H3. The molecule has 0 aliphatic heterocycles. The third kappa shape index (κ3) is 7.10. The van der Waals surface area contributed by atoms with E-state index in [1.807, 2.05) is 0 Å². The van der Waals surface area contributed by atoms with Crippen LogP contribution in [0, 0.1) is 22.7 Å². The van der Waals surface area contributed by atoms with Crippen LogP contribution in [-0.4, -0.2) is 18.3 Å². The number of nitrogens with zero attached hydrogens (tertiary/aromatic N) is 3. The minimum absolute atomic E-state index is 0.267. The molecule has 0 aromatic heterocycles. The van der Waals surface area contributed by atoms with Crippen LogP contribution in [0.2, 0.25) is 0 Å². The van der Waals surface area contributed by atoms with Gasteiger partial charge in [0.1, 0.15) is 12.1 Å². The minimum atomic E-state index is -0.356. The number of anilines is 1. The number of hydrazone groups is 1. The van der Waals surface area contributed by atoms with E-state index in [2.05, 4.69) is 17.5 Å². The Morgan fingerprint density at radius 1 is 1.13 bits per heavy atom. The van der Waals surface area contributed by atoms with Crippen molar-refractivity contribution in [2.75, 3.05) is 12.0 Å². The largest absolute Gasteiger partial charge is 0.462 e. The summed E-state index contributed by atoms with van der Waals surface area (Å²) in [6.07, 6.45) is 5.52. The van der Waals surface area contributed by atoms with Crippen LogP contribution < -0.4 is 5.43 Å². The van der Waals surface area contributed by atoms with E-state index in [-0.39, 0.29) is 11.7 Å². The van der Waals surface area contributed by atoms with Gasteiger partial charge in [0.05, 0.1) is 17.9 Å². The summed E-state index contributed by atoms with van der Waals surface area (Å²) < 4.78 is 5.21. The van der Waals surface area contributed by atoms with Crippen molar-refractivity contribution in [2.45, 2.75) is 39.0 Å². The predicted molar refractivity (Wildman–Crippen MR) is 87.8 cm³/mol. The monoisotopic (exact) mass is 312 g/mol. The molecule has 1 aromatic carbocycles. The van der Waals surface area contributed by atoms with Gasteiger partial charge in [0.15, 0.2) is 0 Å². The molecule has 6 heteroatoms. The lowest BCUT2D eigenvalue weighted by Crippen LogP contribution is -2.06. The number of ether oxygens (including phenoxy) is 1. The molecule has 0 amide bonds. The Kier molecular flexibility index (Phi) is 8.55. The average Bonchev–Trinajstić information content (AvgIpc) is 2.59. The van der Waals surface area contributed by atoms with Crippen LogP contribution in [0.15, 0.2) is 29.4 Å². The lowest BCUT2D eigenvalue weighted by atomic mass is 10.2. The van der Waals surface area contributed by atoms with Crippen molar-refractivity contribution in [3.8, 4) is 12.1 Å². The van der Waals surface area contributed by atoms with Gasteiger partial charge in [-0.25, -0.2) is 4.79 Å². The molecule has 0 radical (unpaired) electrons. The number of nitrogens with one attached hydrogen (secondary N) is 1. The second kappa shape index (κ2) is 10.8. The Morgan fingerprint density at radius 3 is 2.39 bits per heavy atom. The summed E-state index contributed by atoms with van der Waals surface area (Å²) in [5, 5.41) is 20.8. The van der Waals surface area contributed by atoms with Crippen LogP contribution in [0.25, 0.3) is 0 Å². The first-order valence-corrected chi connectivity index (χ1v) is 7.62. The summed E-state index contributed by atoms with van der Waals surface area (Å²) in [5.74, 6) is -0.356. The van der Waals surface area contributed by atoms with Crippen molar-refractivity contribution < 1.29 is 9.53 Å². The molecule has 1 aromatic rings. The summed E-state index contributed by atoms with van der Waals surface area (Å²) in [7, 11) is 0. The second-order valence-corrected chi connectivity index (χ2v) is 4.92. The number of hydrogen-bond acceptors (Lipinski definition) is 6. The molecule has 0 unspecified atom stereocenters. The molecule has 1 rings (SSSR count). The molecule has 120 valence electrons. The van der Waals surface area contributed by atoms with Crippen molar-refractivity contribution in [3.05, 3.63) is 29.8 Å². The SMILES string of the molecule is CCCCCCCOC(=O)c1ccc(NN=C(C#N)C#N)cc1. The predicted octanol–water partition coefficient (Wildman–Crippen LogP) is 3.63. The molecule has 23 heavy (non-hydrogen) atoms.